The topological polar surface area (TPSA) is 24.4 Å². The number of rotatable bonds is 3. The molecule has 2 heteroatoms. The lowest BCUT2D eigenvalue weighted by atomic mass is 10.4. The van der Waals surface area contributed by atoms with E-state index in [4.69, 9.17) is 0 Å². The van der Waals surface area contributed by atoms with Crippen molar-refractivity contribution in [2.75, 3.05) is 7.05 Å². The fourth-order valence-electron chi connectivity index (χ4n) is 0.314. The number of aliphatic imine (C=N–C) groups is 1. The third kappa shape index (κ3) is 5.24. The largest absolute Gasteiger partial charge is 0.299 e. The number of hydrogen-bond donors (Lipinski definition) is 1. The van der Waals surface area contributed by atoms with E-state index >= 15 is 0 Å². The third-order valence-electron chi connectivity index (χ3n) is 0.936. The zero-order valence-corrected chi connectivity index (χ0v) is 6.31. The smallest absolute Gasteiger partial charge is 0.0963 e. The van der Waals surface area contributed by atoms with E-state index < -0.39 is 0 Å². The van der Waals surface area contributed by atoms with Gasteiger partial charge in [-0.15, -0.1) is 0 Å². The molecular weight excluding hydrogens is 112 g/mol. The number of hydrogen-bond acceptors (Lipinski definition) is 2. The minimum Gasteiger partial charge on any atom is -0.299 e. The summed E-state index contributed by atoms with van der Waals surface area (Å²) in [6.07, 6.45) is 1.96. The normalized spacial score (nSPS) is 14.1. The van der Waals surface area contributed by atoms with Gasteiger partial charge in [0.25, 0.3) is 0 Å². The van der Waals surface area contributed by atoms with Crippen LogP contribution in [0.15, 0.2) is 17.1 Å². The van der Waals surface area contributed by atoms with Gasteiger partial charge in [-0.3, -0.25) is 10.3 Å². The first-order valence-corrected chi connectivity index (χ1v) is 3.02. The Kier molecular flexibility index (Phi) is 3.97. The van der Waals surface area contributed by atoms with Crippen LogP contribution in [0.4, 0.5) is 0 Å². The highest BCUT2D eigenvalue weighted by molar-refractivity contribution is 5.76. The zero-order chi connectivity index (χ0) is 7.28. The molecule has 0 aliphatic carbocycles. The van der Waals surface area contributed by atoms with Gasteiger partial charge in [0.2, 0.25) is 0 Å². The van der Waals surface area contributed by atoms with Crippen LogP contribution in [0.1, 0.15) is 13.8 Å². The Hall–Kier alpha value is -0.630. The maximum atomic E-state index is 4.11. The Balaban J connectivity index is 3.56. The molecule has 0 heterocycles. The molecule has 0 aliphatic heterocycles. The highest BCUT2D eigenvalue weighted by Gasteiger charge is 1.87. The lowest BCUT2D eigenvalue weighted by Crippen LogP contribution is -2.18. The maximum Gasteiger partial charge on any atom is 0.0963 e. The van der Waals surface area contributed by atoms with Crippen LogP contribution in [-0.2, 0) is 0 Å². The first-order chi connectivity index (χ1) is 4.16. The van der Waals surface area contributed by atoms with Gasteiger partial charge >= 0.3 is 0 Å². The molecule has 0 amide bonds. The van der Waals surface area contributed by atoms with Crippen LogP contribution in [0.5, 0.6) is 0 Å². The van der Waals surface area contributed by atoms with E-state index in [2.05, 4.69) is 16.9 Å². The van der Waals surface area contributed by atoms with Crippen molar-refractivity contribution in [3.05, 3.63) is 12.2 Å². The monoisotopic (exact) mass is 126 g/mol. The Morgan fingerprint density at radius 3 is 2.67 bits per heavy atom. The van der Waals surface area contributed by atoms with Crippen molar-refractivity contribution < 1.29 is 0 Å². The van der Waals surface area contributed by atoms with Crippen LogP contribution >= 0.6 is 0 Å². The summed E-state index contributed by atoms with van der Waals surface area (Å²) in [7, 11) is 1.88. The minimum absolute atomic E-state index is 0.196. The molecule has 0 aromatic heterocycles. The van der Waals surface area contributed by atoms with Gasteiger partial charge in [0.15, 0.2) is 0 Å². The van der Waals surface area contributed by atoms with Gasteiger partial charge in [0, 0.05) is 6.21 Å². The molecule has 1 N–H and O–H groups in total. The summed E-state index contributed by atoms with van der Waals surface area (Å²) in [5, 5.41) is 2.98. The van der Waals surface area contributed by atoms with Crippen molar-refractivity contribution in [2.24, 2.45) is 4.99 Å². The van der Waals surface area contributed by atoms with E-state index in [1.54, 1.807) is 6.21 Å². The molecule has 52 valence electrons. The van der Waals surface area contributed by atoms with E-state index in [0.29, 0.717) is 0 Å². The average molecular weight is 126 g/mol. The molecule has 0 spiro atoms. The Morgan fingerprint density at radius 1 is 1.78 bits per heavy atom. The van der Waals surface area contributed by atoms with E-state index in [0.717, 1.165) is 5.57 Å². The van der Waals surface area contributed by atoms with Crippen molar-refractivity contribution in [1.29, 1.82) is 0 Å². The zero-order valence-electron chi connectivity index (χ0n) is 6.31. The predicted molar refractivity (Wildman–Crippen MR) is 41.8 cm³/mol. The van der Waals surface area contributed by atoms with Crippen LogP contribution in [0.3, 0.4) is 0 Å². The van der Waals surface area contributed by atoms with Gasteiger partial charge < -0.3 is 0 Å². The van der Waals surface area contributed by atoms with E-state index in [1.165, 1.54) is 0 Å². The molecule has 9 heavy (non-hydrogen) atoms. The first-order valence-electron chi connectivity index (χ1n) is 3.02. The second-order valence-corrected chi connectivity index (χ2v) is 2.09. The summed E-state index contributed by atoms with van der Waals surface area (Å²) in [6.45, 7) is 7.59. The molecule has 0 fully saturated rings. The van der Waals surface area contributed by atoms with Crippen molar-refractivity contribution in [3.63, 3.8) is 0 Å². The van der Waals surface area contributed by atoms with E-state index in [9.17, 15) is 0 Å². The quantitative estimate of drug-likeness (QED) is 0.564. The van der Waals surface area contributed by atoms with Crippen molar-refractivity contribution in [3.8, 4) is 0 Å². The molecule has 1 unspecified atom stereocenters. The predicted octanol–water partition coefficient (Wildman–Crippen LogP) is 1.20. The molecule has 0 bridgehead atoms. The highest BCUT2D eigenvalue weighted by Crippen LogP contribution is 1.84. The molecule has 0 saturated heterocycles. The molecule has 1 atom stereocenters. The summed E-state index contributed by atoms with van der Waals surface area (Å²) >= 11 is 0. The van der Waals surface area contributed by atoms with Gasteiger partial charge in [-0.1, -0.05) is 6.58 Å². The van der Waals surface area contributed by atoms with Gasteiger partial charge in [-0.25, -0.2) is 0 Å². The van der Waals surface area contributed by atoms with Crippen molar-refractivity contribution in [2.45, 2.75) is 20.0 Å². The summed E-state index contributed by atoms with van der Waals surface area (Å²) < 4.78 is 0. The van der Waals surface area contributed by atoms with Crippen LogP contribution in [-0.4, -0.2) is 19.4 Å². The van der Waals surface area contributed by atoms with Crippen LogP contribution in [0, 0.1) is 0 Å². The van der Waals surface area contributed by atoms with Crippen molar-refractivity contribution in [1.82, 2.24) is 5.32 Å². The fraction of sp³-hybridized carbons (Fsp3) is 0.571. The maximum absolute atomic E-state index is 4.11. The SMILES string of the molecule is C=C(C)/C=N\C(C)NC. The molecule has 0 aromatic carbocycles. The molecule has 2 nitrogen and oxygen atoms in total. The standard InChI is InChI=1S/C7H14N2/c1-6(2)5-9-7(3)8-4/h5,7-8H,1H2,2-4H3/b9-5-. The summed E-state index contributed by atoms with van der Waals surface area (Å²) in [4.78, 5) is 4.11. The third-order valence-corrected chi connectivity index (χ3v) is 0.936. The summed E-state index contributed by atoms with van der Waals surface area (Å²) in [5.41, 5.74) is 0.983. The van der Waals surface area contributed by atoms with Gasteiger partial charge in [-0.2, -0.15) is 0 Å². The lowest BCUT2D eigenvalue weighted by Gasteiger charge is -2.00. The fourth-order valence-corrected chi connectivity index (χ4v) is 0.314. The van der Waals surface area contributed by atoms with Crippen molar-refractivity contribution >= 4 is 6.21 Å². The molecule has 0 aromatic rings. The molecule has 0 radical (unpaired) electrons. The average Bonchev–Trinajstić information content (AvgIpc) is 1.83. The van der Waals surface area contributed by atoms with Gasteiger partial charge in [0.05, 0.1) is 6.17 Å². The molecule has 0 aliphatic rings. The second-order valence-electron chi connectivity index (χ2n) is 2.09. The molecule has 0 rings (SSSR count). The Morgan fingerprint density at radius 2 is 2.33 bits per heavy atom. The van der Waals surface area contributed by atoms with E-state index in [-0.39, 0.29) is 6.17 Å². The number of nitrogens with one attached hydrogen (secondary N) is 1. The Labute approximate surface area is 56.7 Å². The second kappa shape index (κ2) is 4.27. The number of allylic oxidation sites excluding steroid dienone is 1. The summed E-state index contributed by atoms with van der Waals surface area (Å²) in [6, 6.07) is 0. The molecular formula is C7H14N2. The summed E-state index contributed by atoms with van der Waals surface area (Å²) in [5.74, 6) is 0. The van der Waals surface area contributed by atoms with Gasteiger partial charge in [0.1, 0.15) is 0 Å². The van der Waals surface area contributed by atoms with E-state index in [1.807, 2.05) is 20.9 Å². The Bertz CT molecular complexity index is 116. The van der Waals surface area contributed by atoms with Crippen LogP contribution in [0.2, 0.25) is 0 Å². The number of nitrogens with zero attached hydrogens (tertiary/aromatic N) is 1. The highest BCUT2D eigenvalue weighted by atomic mass is 15.0. The lowest BCUT2D eigenvalue weighted by molar-refractivity contribution is 0.644. The minimum atomic E-state index is 0.196. The van der Waals surface area contributed by atoms with Crippen LogP contribution < -0.4 is 5.32 Å². The molecule has 0 saturated carbocycles. The van der Waals surface area contributed by atoms with Gasteiger partial charge in [-0.05, 0) is 26.5 Å². The van der Waals surface area contributed by atoms with Crippen LogP contribution in [0.25, 0.3) is 0 Å². The first kappa shape index (κ1) is 8.37.